The standard InChI is InChI=1S/C13H12F13NO/c1-3-6(27-7(28)4-2)5-8(14,15)9(16,17)10(18,19)11(20,21)12(22,23)13(24,25)26/h4,6H,2-3,5H2,1H3,(H,27,28). The van der Waals surface area contributed by atoms with Crippen molar-refractivity contribution in [2.24, 2.45) is 0 Å². The molecule has 1 unspecified atom stereocenters. The number of hydrogen-bond donors (Lipinski definition) is 1. The lowest BCUT2D eigenvalue weighted by Crippen LogP contribution is -2.70. The number of amides is 1. The number of nitrogens with one attached hydrogen (secondary N) is 1. The van der Waals surface area contributed by atoms with Crippen LogP contribution in [-0.4, -0.2) is 47.7 Å². The Hall–Kier alpha value is -1.70. The SMILES string of the molecule is C=CC(=O)NC(CC)CC(F)(F)C(F)(F)C(F)(F)C(F)(F)C(F)(F)C(F)(F)F. The highest BCUT2D eigenvalue weighted by Crippen LogP contribution is 2.60. The van der Waals surface area contributed by atoms with Gasteiger partial charge in [-0.25, -0.2) is 0 Å². The van der Waals surface area contributed by atoms with Gasteiger partial charge in [0, 0.05) is 12.5 Å². The van der Waals surface area contributed by atoms with Crippen LogP contribution in [-0.2, 0) is 4.79 Å². The van der Waals surface area contributed by atoms with Gasteiger partial charge in [0.05, 0.1) is 0 Å². The molecule has 1 N–H and O–H groups in total. The van der Waals surface area contributed by atoms with E-state index in [0.29, 0.717) is 6.08 Å². The monoisotopic (exact) mass is 445 g/mol. The summed E-state index contributed by atoms with van der Waals surface area (Å²) < 4.78 is 168. The molecule has 0 aromatic rings. The van der Waals surface area contributed by atoms with E-state index >= 15 is 0 Å². The first-order valence-electron chi connectivity index (χ1n) is 7.02. The largest absolute Gasteiger partial charge is 0.460 e. The van der Waals surface area contributed by atoms with E-state index in [1.54, 1.807) is 5.32 Å². The van der Waals surface area contributed by atoms with Gasteiger partial charge in [-0.15, -0.1) is 0 Å². The topological polar surface area (TPSA) is 29.1 Å². The van der Waals surface area contributed by atoms with E-state index in [0.717, 1.165) is 6.92 Å². The lowest BCUT2D eigenvalue weighted by molar-refractivity contribution is -0.440. The van der Waals surface area contributed by atoms with Gasteiger partial charge in [0.25, 0.3) is 0 Å². The summed E-state index contributed by atoms with van der Waals surface area (Å²) in [6.45, 7) is 3.82. The minimum Gasteiger partial charge on any atom is -0.350 e. The first-order valence-corrected chi connectivity index (χ1v) is 7.02. The van der Waals surface area contributed by atoms with Gasteiger partial charge in [0.1, 0.15) is 0 Å². The van der Waals surface area contributed by atoms with Crippen LogP contribution >= 0.6 is 0 Å². The summed E-state index contributed by atoms with van der Waals surface area (Å²) in [4.78, 5) is 11.0. The molecule has 0 aromatic carbocycles. The van der Waals surface area contributed by atoms with Gasteiger partial charge >= 0.3 is 35.8 Å². The fourth-order valence-electron chi connectivity index (χ4n) is 1.80. The van der Waals surface area contributed by atoms with Gasteiger partial charge in [-0.3, -0.25) is 4.79 Å². The van der Waals surface area contributed by atoms with Gasteiger partial charge in [-0.2, -0.15) is 57.1 Å². The maximum atomic E-state index is 13.6. The second-order valence-corrected chi connectivity index (χ2v) is 5.52. The highest BCUT2D eigenvalue weighted by Gasteiger charge is 2.90. The van der Waals surface area contributed by atoms with E-state index in [1.807, 2.05) is 0 Å². The zero-order chi connectivity index (χ0) is 23.0. The predicted octanol–water partition coefficient (Wildman–Crippen LogP) is 5.20. The number of hydrogen-bond acceptors (Lipinski definition) is 1. The maximum Gasteiger partial charge on any atom is 0.460 e. The molecule has 2 nitrogen and oxygen atoms in total. The summed E-state index contributed by atoms with van der Waals surface area (Å²) >= 11 is 0. The highest BCUT2D eigenvalue weighted by atomic mass is 19.4. The van der Waals surface area contributed by atoms with Crippen molar-refractivity contribution >= 4 is 5.91 Å². The van der Waals surface area contributed by atoms with Gasteiger partial charge in [-0.05, 0) is 12.5 Å². The summed E-state index contributed by atoms with van der Waals surface area (Å²) in [6, 6.07) is -2.06. The molecule has 0 saturated heterocycles. The molecule has 0 radical (unpaired) electrons. The molecule has 0 aliphatic heterocycles. The van der Waals surface area contributed by atoms with Crippen LogP contribution in [0.5, 0.6) is 0 Å². The van der Waals surface area contributed by atoms with Gasteiger partial charge < -0.3 is 5.32 Å². The van der Waals surface area contributed by atoms with Crippen LogP contribution in [0.15, 0.2) is 12.7 Å². The van der Waals surface area contributed by atoms with E-state index in [-0.39, 0.29) is 0 Å². The first kappa shape index (κ1) is 26.3. The molecule has 0 rings (SSSR count). The van der Waals surface area contributed by atoms with Gasteiger partial charge in [0.2, 0.25) is 5.91 Å². The van der Waals surface area contributed by atoms with Crippen molar-refractivity contribution in [2.75, 3.05) is 0 Å². The molecule has 0 bridgehead atoms. The van der Waals surface area contributed by atoms with E-state index in [2.05, 4.69) is 6.58 Å². The van der Waals surface area contributed by atoms with Crippen molar-refractivity contribution in [2.45, 2.75) is 61.6 Å². The average Bonchev–Trinajstić information content (AvgIpc) is 2.51. The molecule has 0 aromatic heterocycles. The van der Waals surface area contributed by atoms with Crippen LogP contribution in [0.2, 0.25) is 0 Å². The lowest BCUT2D eigenvalue weighted by Gasteiger charge is -2.40. The Morgan fingerprint density at radius 2 is 1.21 bits per heavy atom. The molecule has 166 valence electrons. The van der Waals surface area contributed by atoms with Crippen molar-refractivity contribution in [1.82, 2.24) is 5.32 Å². The Morgan fingerprint density at radius 1 is 0.821 bits per heavy atom. The van der Waals surface area contributed by atoms with Crippen molar-refractivity contribution in [3.8, 4) is 0 Å². The van der Waals surface area contributed by atoms with E-state index in [4.69, 9.17) is 0 Å². The van der Waals surface area contributed by atoms with Crippen LogP contribution in [0.25, 0.3) is 0 Å². The fourth-order valence-corrected chi connectivity index (χ4v) is 1.80. The van der Waals surface area contributed by atoms with Gasteiger partial charge in [0.15, 0.2) is 0 Å². The Balaban J connectivity index is 6.10. The van der Waals surface area contributed by atoms with Crippen molar-refractivity contribution in [3.05, 3.63) is 12.7 Å². The van der Waals surface area contributed by atoms with Crippen molar-refractivity contribution in [3.63, 3.8) is 0 Å². The smallest absolute Gasteiger partial charge is 0.350 e. The molecule has 28 heavy (non-hydrogen) atoms. The summed E-state index contributed by atoms with van der Waals surface area (Å²) in [7, 11) is 0. The minimum atomic E-state index is -7.93. The summed E-state index contributed by atoms with van der Waals surface area (Å²) in [6.07, 6.45) is -10.1. The Bertz CT molecular complexity index is 581. The lowest BCUT2D eigenvalue weighted by atomic mass is 9.90. The third-order valence-corrected chi connectivity index (χ3v) is 3.53. The molecule has 1 atom stereocenters. The van der Waals surface area contributed by atoms with E-state index in [1.165, 1.54) is 0 Å². The molecule has 0 spiro atoms. The van der Waals surface area contributed by atoms with Crippen molar-refractivity contribution in [1.29, 1.82) is 0 Å². The van der Waals surface area contributed by atoms with E-state index < -0.39 is 60.6 Å². The normalized spacial score (nSPS) is 15.9. The van der Waals surface area contributed by atoms with Crippen LogP contribution < -0.4 is 5.32 Å². The molecule has 0 saturated carbocycles. The summed E-state index contributed by atoms with van der Waals surface area (Å²) in [5.74, 6) is -38.4. The molecule has 1 amide bonds. The first-order chi connectivity index (χ1) is 12.1. The molecule has 15 heteroatoms. The minimum absolute atomic E-state index is 0.450. The number of carbonyl (C=O) groups is 1. The third kappa shape index (κ3) is 4.16. The zero-order valence-corrected chi connectivity index (χ0v) is 13.6. The second-order valence-electron chi connectivity index (χ2n) is 5.52. The second kappa shape index (κ2) is 7.61. The Morgan fingerprint density at radius 3 is 1.54 bits per heavy atom. The van der Waals surface area contributed by atoms with Crippen LogP contribution in [0.4, 0.5) is 57.1 Å². The molecule has 0 heterocycles. The molecular weight excluding hydrogens is 433 g/mol. The number of rotatable bonds is 9. The van der Waals surface area contributed by atoms with Crippen molar-refractivity contribution < 1.29 is 61.9 Å². The Kier molecular flexibility index (Phi) is 7.15. The average molecular weight is 445 g/mol. The quantitative estimate of drug-likeness (QED) is 0.384. The molecular formula is C13H12F13NO. The highest BCUT2D eigenvalue weighted by molar-refractivity contribution is 5.87. The molecule has 0 aliphatic carbocycles. The molecule has 0 fully saturated rings. The number of carbonyl (C=O) groups excluding carboxylic acids is 1. The van der Waals surface area contributed by atoms with Crippen LogP contribution in [0.3, 0.4) is 0 Å². The van der Waals surface area contributed by atoms with Crippen LogP contribution in [0.1, 0.15) is 19.8 Å². The fraction of sp³-hybridized carbons (Fsp3) is 0.769. The number of halogens is 13. The number of alkyl halides is 13. The predicted molar refractivity (Wildman–Crippen MR) is 67.8 cm³/mol. The molecule has 0 aliphatic rings. The summed E-state index contributed by atoms with van der Waals surface area (Å²) in [5.41, 5.74) is 0. The zero-order valence-electron chi connectivity index (χ0n) is 13.6. The van der Waals surface area contributed by atoms with Crippen LogP contribution in [0, 0.1) is 0 Å². The summed E-state index contributed by atoms with van der Waals surface area (Å²) in [5, 5.41) is 1.56. The third-order valence-electron chi connectivity index (χ3n) is 3.53. The van der Waals surface area contributed by atoms with E-state index in [9.17, 15) is 61.9 Å². The Labute approximate surface area is 148 Å². The van der Waals surface area contributed by atoms with Gasteiger partial charge in [-0.1, -0.05) is 13.5 Å². The maximum absolute atomic E-state index is 13.6.